The number of anilines is 1. The summed E-state index contributed by atoms with van der Waals surface area (Å²) in [6, 6.07) is 4.42. The number of hydrogen-bond donors (Lipinski definition) is 2. The zero-order valence-corrected chi connectivity index (χ0v) is 21.9. The van der Waals surface area contributed by atoms with Crippen LogP contribution in [0.3, 0.4) is 0 Å². The Labute approximate surface area is 223 Å². The Morgan fingerprint density at radius 2 is 1.61 bits per heavy atom. The van der Waals surface area contributed by atoms with Crippen LogP contribution < -0.4 is 16.0 Å². The van der Waals surface area contributed by atoms with E-state index in [0.29, 0.717) is 30.2 Å². The first-order valence-corrected chi connectivity index (χ1v) is 13.8. The molecule has 0 saturated carbocycles. The molecule has 11 nitrogen and oxygen atoms in total. The maximum atomic E-state index is 13.2. The van der Waals surface area contributed by atoms with Gasteiger partial charge >= 0.3 is 0 Å². The van der Waals surface area contributed by atoms with E-state index in [1.807, 2.05) is 6.07 Å². The predicted molar refractivity (Wildman–Crippen MR) is 141 cm³/mol. The van der Waals surface area contributed by atoms with E-state index in [1.54, 1.807) is 12.1 Å². The third-order valence-corrected chi connectivity index (χ3v) is 8.20. The fourth-order valence-electron chi connectivity index (χ4n) is 5.98. The van der Waals surface area contributed by atoms with Gasteiger partial charge in [-0.05, 0) is 56.5 Å². The number of piperidine rings is 2. The number of imide groups is 2. The van der Waals surface area contributed by atoms with E-state index in [4.69, 9.17) is 10.5 Å². The van der Waals surface area contributed by atoms with E-state index in [2.05, 4.69) is 20.0 Å². The van der Waals surface area contributed by atoms with Gasteiger partial charge in [-0.1, -0.05) is 0 Å². The Bertz CT molecular complexity index is 1060. The normalized spacial score (nSPS) is 23.8. The van der Waals surface area contributed by atoms with E-state index in [-0.39, 0.29) is 18.7 Å². The quantitative estimate of drug-likeness (QED) is 0.335. The Morgan fingerprint density at radius 1 is 0.868 bits per heavy atom. The summed E-state index contributed by atoms with van der Waals surface area (Å²) in [6.45, 7) is 9.91. The van der Waals surface area contributed by atoms with Crippen molar-refractivity contribution in [2.45, 2.75) is 31.7 Å². The number of hydrogen-bond acceptors (Lipinski definition) is 9. The van der Waals surface area contributed by atoms with Crippen LogP contribution in [-0.4, -0.2) is 116 Å². The molecule has 5 rings (SSSR count). The Morgan fingerprint density at radius 3 is 2.32 bits per heavy atom. The van der Waals surface area contributed by atoms with E-state index in [9.17, 15) is 19.2 Å². The van der Waals surface area contributed by atoms with Crippen LogP contribution in [0.2, 0.25) is 0 Å². The summed E-state index contributed by atoms with van der Waals surface area (Å²) in [5.41, 5.74) is 7.04. The number of likely N-dealkylation sites (tertiary alicyclic amines) is 1. The highest BCUT2D eigenvalue weighted by Crippen LogP contribution is 2.31. The van der Waals surface area contributed by atoms with Gasteiger partial charge in [0.25, 0.3) is 11.8 Å². The van der Waals surface area contributed by atoms with Crippen LogP contribution in [0, 0.1) is 5.92 Å². The predicted octanol–water partition coefficient (Wildman–Crippen LogP) is -0.103. The monoisotopic (exact) mass is 526 g/mol. The Kier molecular flexibility index (Phi) is 8.37. The van der Waals surface area contributed by atoms with Crippen molar-refractivity contribution >= 4 is 29.3 Å². The Balaban J connectivity index is 1.11. The number of nitrogens with zero attached hydrogens (tertiary/aromatic N) is 4. The number of carbonyl (C=O) groups is 4. The molecule has 3 N–H and O–H groups in total. The van der Waals surface area contributed by atoms with Crippen molar-refractivity contribution < 1.29 is 23.9 Å². The molecular formula is C27H38N6O5. The molecule has 4 aliphatic rings. The molecule has 4 heterocycles. The van der Waals surface area contributed by atoms with Crippen LogP contribution >= 0.6 is 0 Å². The number of piperazine rings is 1. The van der Waals surface area contributed by atoms with Crippen molar-refractivity contribution in [1.82, 2.24) is 20.0 Å². The van der Waals surface area contributed by atoms with Gasteiger partial charge in [0.05, 0.1) is 24.3 Å². The maximum Gasteiger partial charge on any atom is 0.262 e. The zero-order valence-electron chi connectivity index (χ0n) is 21.9. The van der Waals surface area contributed by atoms with Gasteiger partial charge in [-0.15, -0.1) is 0 Å². The minimum Gasteiger partial charge on any atom is -0.379 e. The third-order valence-electron chi connectivity index (χ3n) is 8.20. The van der Waals surface area contributed by atoms with Gasteiger partial charge in [-0.2, -0.15) is 0 Å². The highest BCUT2D eigenvalue weighted by atomic mass is 16.5. The zero-order chi connectivity index (χ0) is 26.6. The molecule has 1 unspecified atom stereocenters. The minimum atomic E-state index is -0.941. The van der Waals surface area contributed by atoms with Crippen LogP contribution in [0.4, 0.5) is 5.69 Å². The number of nitrogens with two attached hydrogens (primary N) is 1. The highest BCUT2D eigenvalue weighted by molar-refractivity contribution is 6.23. The summed E-state index contributed by atoms with van der Waals surface area (Å²) < 4.78 is 5.51. The van der Waals surface area contributed by atoms with E-state index < -0.39 is 23.8 Å². The van der Waals surface area contributed by atoms with E-state index >= 15 is 0 Å². The molecule has 0 radical (unpaired) electrons. The average molecular weight is 527 g/mol. The van der Waals surface area contributed by atoms with Crippen LogP contribution in [0.5, 0.6) is 0 Å². The summed E-state index contributed by atoms with van der Waals surface area (Å²) in [4.78, 5) is 58.2. The smallest absolute Gasteiger partial charge is 0.262 e. The number of rotatable bonds is 9. The number of benzene rings is 1. The SMILES string of the molecule is NCCOCCN1CCC(CN2CCN(c3ccc4c(c3)C(=O)N(C3CCC(=O)NC3=O)C4=O)CC2)CC1. The van der Waals surface area contributed by atoms with Gasteiger partial charge < -0.3 is 20.3 Å². The first-order chi connectivity index (χ1) is 18.4. The van der Waals surface area contributed by atoms with Crippen molar-refractivity contribution in [2.24, 2.45) is 11.7 Å². The lowest BCUT2D eigenvalue weighted by molar-refractivity contribution is -0.136. The van der Waals surface area contributed by atoms with Crippen molar-refractivity contribution in [1.29, 1.82) is 0 Å². The maximum absolute atomic E-state index is 13.2. The molecule has 1 atom stereocenters. The lowest BCUT2D eigenvalue weighted by atomic mass is 9.96. The first-order valence-electron chi connectivity index (χ1n) is 13.8. The summed E-state index contributed by atoms with van der Waals surface area (Å²) in [5.74, 6) is -1.18. The first kappa shape index (κ1) is 26.7. The van der Waals surface area contributed by atoms with Crippen molar-refractivity contribution in [3.05, 3.63) is 29.3 Å². The highest BCUT2D eigenvalue weighted by Gasteiger charge is 2.44. The molecule has 0 aromatic heterocycles. The molecule has 1 aromatic rings. The molecule has 1 aromatic carbocycles. The largest absolute Gasteiger partial charge is 0.379 e. The molecule has 38 heavy (non-hydrogen) atoms. The van der Waals surface area contributed by atoms with Crippen LogP contribution in [-0.2, 0) is 14.3 Å². The van der Waals surface area contributed by atoms with Gasteiger partial charge in [0.15, 0.2) is 0 Å². The van der Waals surface area contributed by atoms with Crippen LogP contribution in [0.15, 0.2) is 18.2 Å². The van der Waals surface area contributed by atoms with Gasteiger partial charge in [0.1, 0.15) is 6.04 Å². The molecule has 0 bridgehead atoms. The second kappa shape index (κ2) is 11.9. The second-order valence-corrected chi connectivity index (χ2v) is 10.7. The average Bonchev–Trinajstić information content (AvgIpc) is 3.17. The summed E-state index contributed by atoms with van der Waals surface area (Å²) in [7, 11) is 0. The molecule has 4 aliphatic heterocycles. The minimum absolute atomic E-state index is 0.114. The fraction of sp³-hybridized carbons (Fsp3) is 0.630. The lowest BCUT2D eigenvalue weighted by Crippen LogP contribution is -2.54. The van der Waals surface area contributed by atoms with Crippen molar-refractivity contribution in [3.8, 4) is 0 Å². The molecule has 0 aliphatic carbocycles. The fourth-order valence-corrected chi connectivity index (χ4v) is 5.98. The van der Waals surface area contributed by atoms with E-state index in [1.165, 1.54) is 12.8 Å². The molecule has 0 spiro atoms. The number of carbonyl (C=O) groups excluding carboxylic acids is 4. The lowest BCUT2D eigenvalue weighted by Gasteiger charge is -2.39. The molecule has 3 saturated heterocycles. The van der Waals surface area contributed by atoms with Crippen molar-refractivity contribution in [3.63, 3.8) is 0 Å². The molecule has 11 heteroatoms. The molecule has 206 valence electrons. The summed E-state index contributed by atoms with van der Waals surface area (Å²) in [6.07, 6.45) is 2.69. The topological polar surface area (TPSA) is 129 Å². The molecule has 4 amide bonds. The van der Waals surface area contributed by atoms with Crippen LogP contribution in [0.25, 0.3) is 0 Å². The molecule has 3 fully saturated rings. The van der Waals surface area contributed by atoms with Crippen LogP contribution in [0.1, 0.15) is 46.4 Å². The van der Waals surface area contributed by atoms with Gasteiger partial charge in [-0.3, -0.25) is 34.3 Å². The Hall–Kier alpha value is -2.86. The number of amides is 4. The van der Waals surface area contributed by atoms with E-state index in [0.717, 1.165) is 69.6 Å². The van der Waals surface area contributed by atoms with Gasteiger partial charge in [0, 0.05) is 57.9 Å². The number of nitrogens with one attached hydrogen (secondary N) is 1. The summed E-state index contributed by atoms with van der Waals surface area (Å²) in [5, 5.41) is 2.24. The third kappa shape index (κ3) is 5.75. The van der Waals surface area contributed by atoms with Gasteiger partial charge in [0.2, 0.25) is 11.8 Å². The van der Waals surface area contributed by atoms with Gasteiger partial charge in [-0.25, -0.2) is 0 Å². The summed E-state index contributed by atoms with van der Waals surface area (Å²) >= 11 is 0. The standard InChI is InChI=1S/C27H38N6O5/c28-7-15-38-16-14-30-8-5-19(6-9-30)18-31-10-12-32(13-11-31)20-1-2-21-22(17-20)27(37)33(26(21)36)23-3-4-24(34)29-25(23)35/h1-2,17,19,23H,3-16,18,28H2,(H,29,34,35). The molecular weight excluding hydrogens is 488 g/mol. The van der Waals surface area contributed by atoms with Crippen molar-refractivity contribution in [2.75, 3.05) is 77.0 Å². The number of ether oxygens (including phenoxy) is 1. The number of fused-ring (bicyclic) bond motifs is 1. The second-order valence-electron chi connectivity index (χ2n) is 10.7.